The van der Waals surface area contributed by atoms with E-state index in [0.717, 1.165) is 30.5 Å². The predicted octanol–water partition coefficient (Wildman–Crippen LogP) is 4.93. The molecule has 15 heteroatoms. The van der Waals surface area contributed by atoms with Crippen LogP contribution in [0.15, 0.2) is 59.8 Å². The molecule has 0 aliphatic rings. The topological polar surface area (TPSA) is 110 Å². The van der Waals surface area contributed by atoms with Crippen LogP contribution in [0.3, 0.4) is 0 Å². The summed E-state index contributed by atoms with van der Waals surface area (Å²) in [5.41, 5.74) is -0.148. The van der Waals surface area contributed by atoms with Crippen molar-refractivity contribution in [3.8, 4) is 29.0 Å². The second-order valence-corrected chi connectivity index (χ2v) is 9.51. The first-order chi connectivity index (χ1) is 17.8. The Morgan fingerprint density at radius 1 is 1.13 bits per heavy atom. The van der Waals surface area contributed by atoms with Crippen LogP contribution in [-0.4, -0.2) is 41.8 Å². The number of nitrogens with one attached hydrogen (secondary N) is 1. The number of ether oxygens (including phenoxy) is 1. The Morgan fingerprint density at radius 3 is 2.42 bits per heavy atom. The molecule has 38 heavy (non-hydrogen) atoms. The minimum absolute atomic E-state index is 0.00429. The van der Waals surface area contributed by atoms with E-state index in [2.05, 4.69) is 14.7 Å². The molecular formula is C23H15F6N5O3S. The molecule has 0 amide bonds. The monoisotopic (exact) mass is 555 g/mol. The van der Waals surface area contributed by atoms with Gasteiger partial charge in [-0.2, -0.15) is 31.9 Å². The highest BCUT2D eigenvalue weighted by atomic mass is 32.2. The second-order valence-electron chi connectivity index (χ2n) is 7.80. The first kappa shape index (κ1) is 26.9. The van der Waals surface area contributed by atoms with Crippen molar-refractivity contribution < 1.29 is 39.5 Å². The molecule has 0 radical (unpaired) electrons. The van der Waals surface area contributed by atoms with Crippen LogP contribution >= 0.6 is 0 Å². The molecule has 0 spiro atoms. The molecule has 0 bridgehead atoms. The average Bonchev–Trinajstić information content (AvgIpc) is 3.16. The lowest BCUT2D eigenvalue weighted by atomic mass is 10.1. The zero-order valence-corrected chi connectivity index (χ0v) is 19.9. The van der Waals surface area contributed by atoms with Crippen LogP contribution in [0.2, 0.25) is 0 Å². The van der Waals surface area contributed by atoms with Gasteiger partial charge in [-0.05, 0) is 37.3 Å². The summed E-state index contributed by atoms with van der Waals surface area (Å²) < 4.78 is 111. The Labute approximate surface area is 211 Å². The van der Waals surface area contributed by atoms with Gasteiger partial charge in [-0.1, -0.05) is 6.07 Å². The van der Waals surface area contributed by atoms with Gasteiger partial charge in [0, 0.05) is 23.8 Å². The SMILES string of the molecule is C[C@H](NS(=O)(=O)c1ccc(-c2c(C#N)c3cc(F)c(OC(F)F)cc3n2-c2ccccn2)nc1)C(F)(F)F. The third-order valence-electron chi connectivity index (χ3n) is 5.34. The number of nitrogens with zero attached hydrogens (tertiary/aromatic N) is 4. The van der Waals surface area contributed by atoms with Crippen molar-refractivity contribution in [2.75, 3.05) is 0 Å². The molecule has 0 saturated heterocycles. The smallest absolute Gasteiger partial charge is 0.404 e. The Hall–Kier alpha value is -4.16. The lowest BCUT2D eigenvalue weighted by molar-refractivity contribution is -0.147. The van der Waals surface area contributed by atoms with Gasteiger partial charge in [0.05, 0.1) is 22.5 Å². The largest absolute Gasteiger partial charge is 0.432 e. The van der Waals surface area contributed by atoms with E-state index in [0.29, 0.717) is 6.92 Å². The third kappa shape index (κ3) is 5.13. The lowest BCUT2D eigenvalue weighted by Gasteiger charge is -2.17. The third-order valence-corrected chi connectivity index (χ3v) is 6.87. The zero-order valence-electron chi connectivity index (χ0n) is 19.0. The van der Waals surface area contributed by atoms with E-state index in [-0.39, 0.29) is 33.7 Å². The second kappa shape index (κ2) is 9.95. The van der Waals surface area contributed by atoms with E-state index in [1.54, 1.807) is 12.1 Å². The molecule has 1 atom stereocenters. The van der Waals surface area contributed by atoms with E-state index >= 15 is 0 Å². The Kier molecular flexibility index (Phi) is 7.04. The number of hydrogen-bond acceptors (Lipinski definition) is 6. The molecule has 3 aromatic heterocycles. The number of rotatable bonds is 7. The van der Waals surface area contributed by atoms with Crippen LogP contribution < -0.4 is 9.46 Å². The minimum Gasteiger partial charge on any atom is -0.432 e. The first-order valence-electron chi connectivity index (χ1n) is 10.5. The van der Waals surface area contributed by atoms with Crippen LogP contribution in [0.25, 0.3) is 28.1 Å². The van der Waals surface area contributed by atoms with Crippen molar-refractivity contribution in [3.05, 3.63) is 66.2 Å². The summed E-state index contributed by atoms with van der Waals surface area (Å²) in [6.45, 7) is -2.70. The number of benzene rings is 1. The number of nitriles is 1. The molecule has 8 nitrogen and oxygen atoms in total. The Balaban J connectivity index is 1.92. The Bertz CT molecular complexity index is 1630. The number of pyridine rings is 2. The number of fused-ring (bicyclic) bond motifs is 1. The van der Waals surface area contributed by atoms with Gasteiger partial charge >= 0.3 is 12.8 Å². The highest BCUT2D eigenvalue weighted by molar-refractivity contribution is 7.89. The fraction of sp³-hybridized carbons (Fsp3) is 0.174. The fourth-order valence-corrected chi connectivity index (χ4v) is 4.77. The van der Waals surface area contributed by atoms with Crippen LogP contribution in [0.1, 0.15) is 12.5 Å². The average molecular weight is 555 g/mol. The van der Waals surface area contributed by atoms with E-state index in [9.17, 15) is 40.0 Å². The molecule has 0 aliphatic carbocycles. The molecule has 0 unspecified atom stereocenters. The first-order valence-corrected chi connectivity index (χ1v) is 12.0. The molecule has 0 saturated carbocycles. The van der Waals surface area contributed by atoms with E-state index < -0.39 is 45.3 Å². The van der Waals surface area contributed by atoms with Crippen molar-refractivity contribution in [2.45, 2.75) is 30.6 Å². The standard InChI is InChI=1S/C23H15F6N5O3S/c1-12(23(27,28)29)33-38(35,36)13-5-6-17(32-11-13)21-15(10-30)14-8-16(24)19(37-22(25)26)9-18(14)34(21)20-4-2-3-7-31-20/h2-9,11-12,22,33H,1H3/t12-/m0/s1. The Morgan fingerprint density at radius 2 is 1.87 bits per heavy atom. The number of hydrogen-bond donors (Lipinski definition) is 1. The molecule has 0 aliphatic heterocycles. The summed E-state index contributed by atoms with van der Waals surface area (Å²) in [4.78, 5) is 7.62. The summed E-state index contributed by atoms with van der Waals surface area (Å²) in [5, 5.41) is 9.90. The summed E-state index contributed by atoms with van der Waals surface area (Å²) in [5.74, 6) is -1.79. The van der Waals surface area contributed by atoms with Crippen molar-refractivity contribution in [2.24, 2.45) is 0 Å². The van der Waals surface area contributed by atoms with Gasteiger partial charge in [-0.15, -0.1) is 0 Å². The molecular weight excluding hydrogens is 540 g/mol. The number of sulfonamides is 1. The molecule has 4 aromatic rings. The van der Waals surface area contributed by atoms with E-state index in [4.69, 9.17) is 0 Å². The van der Waals surface area contributed by atoms with E-state index in [1.165, 1.54) is 21.6 Å². The van der Waals surface area contributed by atoms with Crippen molar-refractivity contribution in [1.29, 1.82) is 5.26 Å². The summed E-state index contributed by atoms with van der Waals surface area (Å²) in [7, 11) is -4.62. The van der Waals surface area contributed by atoms with Crippen molar-refractivity contribution in [1.82, 2.24) is 19.3 Å². The van der Waals surface area contributed by atoms with Gasteiger partial charge in [0.25, 0.3) is 0 Å². The van der Waals surface area contributed by atoms with E-state index in [1.807, 2.05) is 6.07 Å². The maximum absolute atomic E-state index is 14.6. The minimum atomic E-state index is -4.83. The van der Waals surface area contributed by atoms with Gasteiger partial charge in [0.1, 0.15) is 22.8 Å². The van der Waals surface area contributed by atoms with Crippen LogP contribution in [0.4, 0.5) is 26.3 Å². The molecule has 4 rings (SSSR count). The maximum atomic E-state index is 14.6. The number of halogens is 6. The van der Waals surface area contributed by atoms with Crippen molar-refractivity contribution >= 4 is 20.9 Å². The molecule has 1 aromatic carbocycles. The summed E-state index contributed by atoms with van der Waals surface area (Å²) in [6.07, 6.45) is -2.64. The van der Waals surface area contributed by atoms with Gasteiger partial charge in [-0.3, -0.25) is 9.55 Å². The number of aromatic nitrogens is 3. The highest BCUT2D eigenvalue weighted by Gasteiger charge is 2.39. The highest BCUT2D eigenvalue weighted by Crippen LogP contribution is 2.38. The van der Waals surface area contributed by atoms with Gasteiger partial charge in [0.15, 0.2) is 11.6 Å². The summed E-state index contributed by atoms with van der Waals surface area (Å²) >= 11 is 0. The summed E-state index contributed by atoms with van der Waals surface area (Å²) in [6, 6.07) is 8.09. The van der Waals surface area contributed by atoms with Crippen LogP contribution in [0.5, 0.6) is 5.75 Å². The molecule has 0 fully saturated rings. The molecule has 1 N–H and O–H groups in total. The van der Waals surface area contributed by atoms with Gasteiger partial charge in [0.2, 0.25) is 10.0 Å². The molecule has 3 heterocycles. The van der Waals surface area contributed by atoms with Crippen LogP contribution in [-0.2, 0) is 10.0 Å². The van der Waals surface area contributed by atoms with Crippen LogP contribution in [0, 0.1) is 17.1 Å². The maximum Gasteiger partial charge on any atom is 0.404 e. The van der Waals surface area contributed by atoms with Crippen molar-refractivity contribution in [3.63, 3.8) is 0 Å². The molecule has 198 valence electrons. The predicted molar refractivity (Wildman–Crippen MR) is 121 cm³/mol. The van der Waals surface area contributed by atoms with Gasteiger partial charge < -0.3 is 4.74 Å². The van der Waals surface area contributed by atoms with Gasteiger partial charge in [-0.25, -0.2) is 17.8 Å². The lowest BCUT2D eigenvalue weighted by Crippen LogP contribution is -2.42. The number of alkyl halides is 5. The zero-order chi connectivity index (χ0) is 27.8. The fourth-order valence-electron chi connectivity index (χ4n) is 3.60. The normalized spacial score (nSPS) is 13.0. The quantitative estimate of drug-likeness (QED) is 0.324.